The highest BCUT2D eigenvalue weighted by atomic mass is 35.5. The molecule has 0 radical (unpaired) electrons. The Labute approximate surface area is 123 Å². The number of halogens is 2. The molecule has 0 aliphatic rings. The van der Waals surface area contributed by atoms with Crippen LogP contribution < -0.4 is 0 Å². The number of benzene rings is 2. The predicted octanol–water partition coefficient (Wildman–Crippen LogP) is 5.22. The summed E-state index contributed by atoms with van der Waals surface area (Å²) >= 11 is 12.1. The topological polar surface area (TPSA) is 20.2 Å². The van der Waals surface area contributed by atoms with Crippen LogP contribution in [0.4, 0.5) is 0 Å². The van der Waals surface area contributed by atoms with Crippen LogP contribution in [0.25, 0.3) is 0 Å². The summed E-state index contributed by atoms with van der Waals surface area (Å²) < 4.78 is 0. The normalized spacial score (nSPS) is 14.1. The molecular formula is C16H16Cl2O. The number of hydrogen-bond acceptors (Lipinski definition) is 1. The molecule has 1 nitrogen and oxygen atoms in total. The van der Waals surface area contributed by atoms with Crippen LogP contribution in [-0.4, -0.2) is 5.11 Å². The third kappa shape index (κ3) is 3.30. The molecule has 2 unspecified atom stereocenters. The summed E-state index contributed by atoms with van der Waals surface area (Å²) in [5.74, 6) is 0.0113. The molecule has 0 saturated carbocycles. The molecule has 0 spiro atoms. The number of hydrogen-bond donors (Lipinski definition) is 1. The van der Waals surface area contributed by atoms with E-state index < -0.39 is 6.10 Å². The van der Waals surface area contributed by atoms with E-state index in [1.54, 1.807) is 18.2 Å². The minimum atomic E-state index is -0.654. The SMILES string of the molecule is CCC(c1ccccc1)C(O)c1cc(Cl)ccc1Cl. The van der Waals surface area contributed by atoms with Crippen LogP contribution in [-0.2, 0) is 0 Å². The Balaban J connectivity index is 2.36. The number of rotatable bonds is 4. The van der Waals surface area contributed by atoms with E-state index in [9.17, 15) is 5.11 Å². The van der Waals surface area contributed by atoms with E-state index in [1.165, 1.54) is 0 Å². The molecule has 0 amide bonds. The van der Waals surface area contributed by atoms with Gasteiger partial charge in [-0.3, -0.25) is 0 Å². The molecule has 0 heterocycles. The highest BCUT2D eigenvalue weighted by Gasteiger charge is 2.23. The fourth-order valence-electron chi connectivity index (χ4n) is 2.30. The zero-order valence-corrected chi connectivity index (χ0v) is 12.2. The molecule has 0 bridgehead atoms. The van der Waals surface area contributed by atoms with E-state index in [4.69, 9.17) is 23.2 Å². The van der Waals surface area contributed by atoms with Gasteiger partial charge in [-0.15, -0.1) is 0 Å². The van der Waals surface area contributed by atoms with E-state index in [0.717, 1.165) is 12.0 Å². The lowest BCUT2D eigenvalue weighted by Gasteiger charge is -2.23. The molecule has 2 atom stereocenters. The Morgan fingerprint density at radius 1 is 1.05 bits per heavy atom. The monoisotopic (exact) mass is 294 g/mol. The highest BCUT2D eigenvalue weighted by Crippen LogP contribution is 2.37. The Bertz CT molecular complexity index is 540. The molecule has 2 aromatic rings. The summed E-state index contributed by atoms with van der Waals surface area (Å²) in [6.45, 7) is 2.05. The molecule has 0 fully saturated rings. The lowest BCUT2D eigenvalue weighted by molar-refractivity contribution is 0.142. The fraction of sp³-hybridized carbons (Fsp3) is 0.250. The second kappa shape index (κ2) is 6.42. The molecule has 19 heavy (non-hydrogen) atoms. The summed E-state index contributed by atoms with van der Waals surface area (Å²) in [5, 5.41) is 11.7. The van der Waals surface area contributed by atoms with Gasteiger partial charge in [0, 0.05) is 21.5 Å². The average Bonchev–Trinajstić information content (AvgIpc) is 2.43. The second-order valence-corrected chi connectivity index (χ2v) is 5.38. The molecule has 0 saturated heterocycles. The van der Waals surface area contributed by atoms with Crippen LogP contribution in [0.3, 0.4) is 0 Å². The maximum atomic E-state index is 10.6. The second-order valence-electron chi connectivity index (χ2n) is 4.54. The largest absolute Gasteiger partial charge is 0.388 e. The van der Waals surface area contributed by atoms with Gasteiger partial charge >= 0.3 is 0 Å². The van der Waals surface area contributed by atoms with Gasteiger partial charge in [0.05, 0.1) is 6.10 Å². The summed E-state index contributed by atoms with van der Waals surface area (Å²) in [4.78, 5) is 0. The van der Waals surface area contributed by atoms with E-state index in [2.05, 4.69) is 6.92 Å². The first-order valence-corrected chi connectivity index (χ1v) is 7.07. The fourth-order valence-corrected chi connectivity index (χ4v) is 2.71. The van der Waals surface area contributed by atoms with Gasteiger partial charge in [0.1, 0.15) is 0 Å². The van der Waals surface area contributed by atoms with Crippen LogP contribution in [0, 0.1) is 0 Å². The minimum absolute atomic E-state index is 0.0113. The van der Waals surface area contributed by atoms with Crippen LogP contribution >= 0.6 is 23.2 Å². The van der Waals surface area contributed by atoms with Gasteiger partial charge in [-0.05, 0) is 30.2 Å². The third-order valence-electron chi connectivity index (χ3n) is 3.33. The molecule has 2 rings (SSSR count). The Hall–Kier alpha value is -1.02. The van der Waals surface area contributed by atoms with Crippen molar-refractivity contribution in [2.45, 2.75) is 25.4 Å². The van der Waals surface area contributed by atoms with E-state index in [1.807, 2.05) is 30.3 Å². The number of aliphatic hydroxyl groups is 1. The molecule has 3 heteroatoms. The van der Waals surface area contributed by atoms with Gasteiger partial charge in [0.25, 0.3) is 0 Å². The van der Waals surface area contributed by atoms with Crippen LogP contribution in [0.15, 0.2) is 48.5 Å². The predicted molar refractivity (Wildman–Crippen MR) is 80.9 cm³/mol. The maximum absolute atomic E-state index is 10.6. The van der Waals surface area contributed by atoms with Gasteiger partial charge < -0.3 is 5.11 Å². The Morgan fingerprint density at radius 3 is 2.37 bits per heavy atom. The van der Waals surface area contributed by atoms with E-state index >= 15 is 0 Å². The highest BCUT2D eigenvalue weighted by molar-refractivity contribution is 6.33. The Kier molecular flexibility index (Phi) is 4.87. The van der Waals surface area contributed by atoms with Crippen molar-refractivity contribution in [1.29, 1.82) is 0 Å². The molecule has 0 aromatic heterocycles. The smallest absolute Gasteiger partial charge is 0.0873 e. The first kappa shape index (κ1) is 14.4. The van der Waals surface area contributed by atoms with Gasteiger partial charge in [0.2, 0.25) is 0 Å². The summed E-state index contributed by atoms with van der Waals surface area (Å²) in [6, 6.07) is 15.2. The zero-order valence-electron chi connectivity index (χ0n) is 10.7. The van der Waals surface area contributed by atoms with Crippen molar-refractivity contribution in [1.82, 2.24) is 0 Å². The van der Waals surface area contributed by atoms with Crippen LogP contribution in [0.5, 0.6) is 0 Å². The molecule has 0 aliphatic carbocycles. The Morgan fingerprint density at radius 2 is 1.74 bits per heavy atom. The first-order valence-electron chi connectivity index (χ1n) is 6.31. The van der Waals surface area contributed by atoms with Crippen molar-refractivity contribution in [2.24, 2.45) is 0 Å². The van der Waals surface area contributed by atoms with Crippen molar-refractivity contribution < 1.29 is 5.11 Å². The molecular weight excluding hydrogens is 279 g/mol. The maximum Gasteiger partial charge on any atom is 0.0873 e. The van der Waals surface area contributed by atoms with Crippen molar-refractivity contribution in [2.75, 3.05) is 0 Å². The van der Waals surface area contributed by atoms with E-state index in [0.29, 0.717) is 15.6 Å². The van der Waals surface area contributed by atoms with Gasteiger partial charge in [-0.25, -0.2) is 0 Å². The van der Waals surface area contributed by atoms with Crippen molar-refractivity contribution in [3.05, 3.63) is 69.7 Å². The van der Waals surface area contributed by atoms with Gasteiger partial charge in [-0.1, -0.05) is 60.5 Å². The van der Waals surface area contributed by atoms with Gasteiger partial charge in [-0.2, -0.15) is 0 Å². The lowest BCUT2D eigenvalue weighted by Crippen LogP contribution is -2.10. The standard InChI is InChI=1S/C16H16Cl2O/c1-2-13(11-6-4-3-5-7-11)16(19)14-10-12(17)8-9-15(14)18/h3-10,13,16,19H,2H2,1H3. The molecule has 2 aromatic carbocycles. The molecule has 100 valence electrons. The van der Waals surface area contributed by atoms with Crippen LogP contribution in [0.1, 0.15) is 36.5 Å². The van der Waals surface area contributed by atoms with Crippen molar-refractivity contribution in [3.63, 3.8) is 0 Å². The lowest BCUT2D eigenvalue weighted by atomic mass is 9.87. The summed E-state index contributed by atoms with van der Waals surface area (Å²) in [6.07, 6.45) is 0.173. The van der Waals surface area contributed by atoms with Crippen molar-refractivity contribution >= 4 is 23.2 Å². The quantitative estimate of drug-likeness (QED) is 0.819. The van der Waals surface area contributed by atoms with Gasteiger partial charge in [0.15, 0.2) is 0 Å². The third-order valence-corrected chi connectivity index (χ3v) is 3.90. The minimum Gasteiger partial charge on any atom is -0.388 e. The number of aliphatic hydroxyl groups excluding tert-OH is 1. The first-order chi connectivity index (χ1) is 9.13. The van der Waals surface area contributed by atoms with Crippen molar-refractivity contribution in [3.8, 4) is 0 Å². The summed E-state index contributed by atoms with van der Waals surface area (Å²) in [5.41, 5.74) is 1.79. The molecule has 0 aliphatic heterocycles. The molecule has 1 N–H and O–H groups in total. The van der Waals surface area contributed by atoms with E-state index in [-0.39, 0.29) is 5.92 Å². The summed E-state index contributed by atoms with van der Waals surface area (Å²) in [7, 11) is 0. The zero-order chi connectivity index (χ0) is 13.8. The average molecular weight is 295 g/mol. The van der Waals surface area contributed by atoms with Crippen LogP contribution in [0.2, 0.25) is 10.0 Å².